The van der Waals surface area contributed by atoms with Crippen LogP contribution in [0.3, 0.4) is 0 Å². The van der Waals surface area contributed by atoms with Gasteiger partial charge in [-0.1, -0.05) is 36.4 Å². The van der Waals surface area contributed by atoms with Crippen molar-refractivity contribution in [2.45, 2.75) is 63.6 Å². The molecule has 1 atom stereocenters. The zero-order valence-electron chi connectivity index (χ0n) is 21.4. The first kappa shape index (κ1) is 25.7. The monoisotopic (exact) mass is 480 g/mol. The Morgan fingerprint density at radius 2 is 1.63 bits per heavy atom. The highest BCUT2D eigenvalue weighted by Crippen LogP contribution is 2.38. The average molecular weight is 481 g/mol. The van der Waals surface area contributed by atoms with Crippen LogP contribution >= 0.6 is 0 Å². The van der Waals surface area contributed by atoms with Crippen molar-refractivity contribution in [1.82, 2.24) is 9.80 Å². The lowest BCUT2D eigenvalue weighted by Crippen LogP contribution is -2.54. The molecule has 1 amide bonds. The molecular formula is C29H40N2O4. The fourth-order valence-corrected chi connectivity index (χ4v) is 5.76. The Hall–Kier alpha value is -2.41. The lowest BCUT2D eigenvalue weighted by atomic mass is 9.76. The molecule has 190 valence electrons. The van der Waals surface area contributed by atoms with Crippen molar-refractivity contribution in [1.29, 1.82) is 0 Å². The van der Waals surface area contributed by atoms with Crippen molar-refractivity contribution < 1.29 is 19.7 Å². The Kier molecular flexibility index (Phi) is 7.84. The van der Waals surface area contributed by atoms with E-state index in [1.165, 1.54) is 5.56 Å². The first-order valence-corrected chi connectivity index (χ1v) is 12.8. The van der Waals surface area contributed by atoms with E-state index in [1.807, 2.05) is 32.0 Å². The Morgan fingerprint density at radius 3 is 2.26 bits per heavy atom. The number of aliphatic hydroxyl groups is 2. The van der Waals surface area contributed by atoms with Gasteiger partial charge in [-0.2, -0.15) is 0 Å². The number of carbonyl (C=O) groups excluding carboxylic acids is 1. The largest absolute Gasteiger partial charge is 0.490 e. The van der Waals surface area contributed by atoms with Gasteiger partial charge in [0, 0.05) is 33.1 Å². The summed E-state index contributed by atoms with van der Waals surface area (Å²) in [6.07, 6.45) is 3.37. The second kappa shape index (κ2) is 10.7. The normalized spacial score (nSPS) is 27.9. The SMILES string of the molecule is CC(=O)N1CCN(CC2(O)CCC(c3ccccc3)CC2)C[C@@](O)(COc2cc(C)cc(C)c2)C1. The molecule has 6 heteroatoms. The molecule has 0 unspecified atom stereocenters. The minimum absolute atomic E-state index is 0.0567. The molecule has 0 radical (unpaired) electrons. The lowest BCUT2D eigenvalue weighted by molar-refractivity contribution is -0.132. The standard InChI is InChI=1S/C29H40N2O4/c1-22-15-23(2)17-27(16-22)35-21-29(34)19-30(13-14-31(20-29)24(3)32)18-28(33)11-9-26(10-12-28)25-7-5-4-6-8-25/h4-8,15-17,26,33-34H,9-14,18-21H2,1-3H3/t26?,28?,29-/m0/s1. The summed E-state index contributed by atoms with van der Waals surface area (Å²) in [6.45, 7) is 7.89. The number of β-amino-alcohol motifs (C(OH)–C–C–N with tert-alkyl or cyclic N) is 2. The van der Waals surface area contributed by atoms with Gasteiger partial charge in [0.15, 0.2) is 0 Å². The molecule has 4 rings (SSSR count). The molecule has 2 aromatic rings. The van der Waals surface area contributed by atoms with Gasteiger partial charge in [0.05, 0.1) is 12.1 Å². The van der Waals surface area contributed by atoms with E-state index in [2.05, 4.69) is 35.2 Å². The van der Waals surface area contributed by atoms with Crippen LogP contribution in [0.2, 0.25) is 0 Å². The van der Waals surface area contributed by atoms with E-state index in [1.54, 1.807) is 11.8 Å². The predicted octanol–water partition coefficient (Wildman–Crippen LogP) is 3.67. The molecule has 2 aliphatic rings. The molecule has 0 aromatic heterocycles. The molecule has 1 aliphatic carbocycles. The Morgan fingerprint density at radius 1 is 0.971 bits per heavy atom. The maximum Gasteiger partial charge on any atom is 0.219 e. The van der Waals surface area contributed by atoms with Gasteiger partial charge >= 0.3 is 0 Å². The van der Waals surface area contributed by atoms with Crippen LogP contribution in [0.15, 0.2) is 48.5 Å². The first-order chi connectivity index (χ1) is 16.6. The summed E-state index contributed by atoms with van der Waals surface area (Å²) in [4.78, 5) is 16.1. The predicted molar refractivity (Wildman–Crippen MR) is 138 cm³/mol. The molecule has 6 nitrogen and oxygen atoms in total. The average Bonchev–Trinajstić information content (AvgIpc) is 2.97. The summed E-state index contributed by atoms with van der Waals surface area (Å²) in [5.74, 6) is 1.15. The Balaban J connectivity index is 1.42. The van der Waals surface area contributed by atoms with E-state index in [0.29, 0.717) is 32.1 Å². The van der Waals surface area contributed by atoms with E-state index in [9.17, 15) is 15.0 Å². The molecule has 35 heavy (non-hydrogen) atoms. The second-order valence-electron chi connectivity index (χ2n) is 10.9. The van der Waals surface area contributed by atoms with Gasteiger partial charge in [0.1, 0.15) is 18.0 Å². The van der Waals surface area contributed by atoms with Gasteiger partial charge in [-0.15, -0.1) is 0 Å². The fraction of sp³-hybridized carbons (Fsp3) is 0.552. The van der Waals surface area contributed by atoms with E-state index in [4.69, 9.17) is 4.74 Å². The highest BCUT2D eigenvalue weighted by Gasteiger charge is 2.41. The van der Waals surface area contributed by atoms with E-state index >= 15 is 0 Å². The maximum absolute atomic E-state index is 12.2. The maximum atomic E-state index is 12.2. The fourth-order valence-electron chi connectivity index (χ4n) is 5.76. The van der Waals surface area contributed by atoms with Crippen molar-refractivity contribution in [3.63, 3.8) is 0 Å². The summed E-state index contributed by atoms with van der Waals surface area (Å²) in [5.41, 5.74) is 1.55. The first-order valence-electron chi connectivity index (χ1n) is 12.8. The van der Waals surface area contributed by atoms with Crippen molar-refractivity contribution >= 4 is 5.91 Å². The third-order valence-corrected chi connectivity index (χ3v) is 7.54. The third kappa shape index (κ3) is 6.84. The van der Waals surface area contributed by atoms with Crippen LogP contribution in [0, 0.1) is 13.8 Å². The molecule has 0 spiro atoms. The number of rotatable bonds is 6. The molecule has 2 N–H and O–H groups in total. The molecule has 1 saturated heterocycles. The highest BCUT2D eigenvalue weighted by molar-refractivity contribution is 5.73. The summed E-state index contributed by atoms with van der Waals surface area (Å²) >= 11 is 0. The van der Waals surface area contributed by atoms with Crippen LogP contribution in [-0.2, 0) is 4.79 Å². The zero-order chi connectivity index (χ0) is 25.1. The second-order valence-corrected chi connectivity index (χ2v) is 10.9. The minimum atomic E-state index is -1.22. The number of ether oxygens (including phenoxy) is 1. The summed E-state index contributed by atoms with van der Waals surface area (Å²) < 4.78 is 6.04. The van der Waals surface area contributed by atoms with Gasteiger partial charge in [0.2, 0.25) is 5.91 Å². The van der Waals surface area contributed by atoms with Crippen LogP contribution in [0.4, 0.5) is 0 Å². The quantitative estimate of drug-likeness (QED) is 0.660. The molecule has 2 fully saturated rings. The topological polar surface area (TPSA) is 73.2 Å². The zero-order valence-corrected chi connectivity index (χ0v) is 21.4. The van der Waals surface area contributed by atoms with E-state index in [-0.39, 0.29) is 19.1 Å². The molecule has 1 heterocycles. The van der Waals surface area contributed by atoms with Crippen molar-refractivity contribution in [3.05, 3.63) is 65.2 Å². The van der Waals surface area contributed by atoms with Gasteiger partial charge in [-0.05, 0) is 74.3 Å². The van der Waals surface area contributed by atoms with Crippen molar-refractivity contribution in [3.8, 4) is 5.75 Å². The van der Waals surface area contributed by atoms with Crippen molar-refractivity contribution in [2.75, 3.05) is 39.3 Å². The summed E-state index contributed by atoms with van der Waals surface area (Å²) in [6, 6.07) is 16.6. The Labute approximate surface area is 209 Å². The molecule has 1 saturated carbocycles. The van der Waals surface area contributed by atoms with Crippen LogP contribution in [-0.4, -0.2) is 76.5 Å². The van der Waals surface area contributed by atoms with E-state index < -0.39 is 11.2 Å². The van der Waals surface area contributed by atoms with Gasteiger partial charge in [0.25, 0.3) is 0 Å². The number of aryl methyl sites for hydroxylation is 2. The van der Waals surface area contributed by atoms with Gasteiger partial charge in [-0.25, -0.2) is 0 Å². The lowest BCUT2D eigenvalue weighted by Gasteiger charge is -2.40. The van der Waals surface area contributed by atoms with Crippen LogP contribution in [0.5, 0.6) is 5.75 Å². The molecule has 2 aromatic carbocycles. The molecular weight excluding hydrogens is 440 g/mol. The van der Waals surface area contributed by atoms with Crippen LogP contribution in [0.1, 0.15) is 55.2 Å². The van der Waals surface area contributed by atoms with Crippen molar-refractivity contribution in [2.24, 2.45) is 0 Å². The highest BCUT2D eigenvalue weighted by atomic mass is 16.5. The van der Waals surface area contributed by atoms with E-state index in [0.717, 1.165) is 42.6 Å². The van der Waals surface area contributed by atoms with Crippen LogP contribution < -0.4 is 4.74 Å². The Bertz CT molecular complexity index is 983. The van der Waals surface area contributed by atoms with Gasteiger partial charge < -0.3 is 19.8 Å². The smallest absolute Gasteiger partial charge is 0.219 e. The third-order valence-electron chi connectivity index (χ3n) is 7.54. The number of hydrogen-bond acceptors (Lipinski definition) is 5. The number of carbonyl (C=O) groups is 1. The van der Waals surface area contributed by atoms with Crippen LogP contribution in [0.25, 0.3) is 0 Å². The number of hydrogen-bond donors (Lipinski definition) is 2. The number of amides is 1. The number of nitrogens with zero attached hydrogens (tertiary/aromatic N) is 2. The summed E-state index contributed by atoms with van der Waals surface area (Å²) in [7, 11) is 0. The molecule has 1 aliphatic heterocycles. The number of benzene rings is 2. The minimum Gasteiger partial charge on any atom is -0.490 e. The molecule has 0 bridgehead atoms. The van der Waals surface area contributed by atoms with Gasteiger partial charge in [-0.3, -0.25) is 9.69 Å². The summed E-state index contributed by atoms with van der Waals surface area (Å²) in [5, 5.41) is 23.1.